The van der Waals surface area contributed by atoms with Gasteiger partial charge in [-0.25, -0.2) is 5.84 Å². The van der Waals surface area contributed by atoms with Crippen LogP contribution in [0.1, 0.15) is 28.1 Å². The van der Waals surface area contributed by atoms with E-state index in [2.05, 4.69) is 15.6 Å². The summed E-state index contributed by atoms with van der Waals surface area (Å²) in [6.07, 6.45) is 1.86. The first-order valence-corrected chi connectivity index (χ1v) is 7.08. The molecule has 1 aromatic rings. The fourth-order valence-electron chi connectivity index (χ4n) is 2.42. The number of hydrazine groups is 1. The molecule has 0 saturated carbocycles. The van der Waals surface area contributed by atoms with Crippen LogP contribution in [0.4, 0.5) is 0 Å². The lowest BCUT2D eigenvalue weighted by molar-refractivity contribution is -0.125. The smallest absolute Gasteiger partial charge is 0.275 e. The molecule has 1 aliphatic heterocycles. The van der Waals surface area contributed by atoms with Gasteiger partial charge >= 0.3 is 0 Å². The average molecular weight is 282 g/mol. The molecule has 1 fully saturated rings. The molecule has 1 aliphatic rings. The van der Waals surface area contributed by atoms with Crippen LogP contribution in [-0.2, 0) is 11.3 Å². The van der Waals surface area contributed by atoms with Crippen LogP contribution in [0.25, 0.3) is 0 Å². The van der Waals surface area contributed by atoms with Crippen LogP contribution in [-0.4, -0.2) is 36.3 Å². The molecule has 0 aliphatic carbocycles. The summed E-state index contributed by atoms with van der Waals surface area (Å²) >= 11 is 1.36. The molecule has 2 rings (SSSR count). The van der Waals surface area contributed by atoms with E-state index in [1.807, 2.05) is 11.4 Å². The summed E-state index contributed by atoms with van der Waals surface area (Å²) in [5, 5.41) is 4.55. The maximum absolute atomic E-state index is 11.8. The van der Waals surface area contributed by atoms with Gasteiger partial charge in [0.05, 0.1) is 10.9 Å². The molecule has 104 valence electrons. The number of likely N-dealkylation sites (N-methyl/N-ethyl adjacent to an activating group) is 1. The number of nitrogens with one attached hydrogen (secondary N) is 2. The van der Waals surface area contributed by atoms with E-state index in [-0.39, 0.29) is 17.9 Å². The Labute approximate surface area is 115 Å². The monoisotopic (exact) mass is 282 g/mol. The van der Waals surface area contributed by atoms with Gasteiger partial charge in [0.25, 0.3) is 5.91 Å². The number of nitrogen functional groups attached to an aromatic ring is 1. The van der Waals surface area contributed by atoms with Crippen LogP contribution >= 0.6 is 11.3 Å². The molecule has 2 heterocycles. The van der Waals surface area contributed by atoms with Crippen molar-refractivity contribution in [2.24, 2.45) is 5.84 Å². The van der Waals surface area contributed by atoms with Crippen molar-refractivity contribution in [2.75, 3.05) is 13.6 Å². The fourth-order valence-corrected chi connectivity index (χ4v) is 3.24. The Morgan fingerprint density at radius 1 is 1.58 bits per heavy atom. The predicted octanol–water partition coefficient (Wildman–Crippen LogP) is 0.0620. The van der Waals surface area contributed by atoms with Gasteiger partial charge in [-0.1, -0.05) is 0 Å². The average Bonchev–Trinajstić information content (AvgIpc) is 3.06. The van der Waals surface area contributed by atoms with Crippen molar-refractivity contribution in [3.05, 3.63) is 21.9 Å². The molecule has 0 bridgehead atoms. The number of thiophene rings is 1. The van der Waals surface area contributed by atoms with Crippen LogP contribution in [0.5, 0.6) is 0 Å². The number of nitrogens with two attached hydrogens (primary N) is 1. The number of carbonyl (C=O) groups is 2. The van der Waals surface area contributed by atoms with E-state index < -0.39 is 0 Å². The summed E-state index contributed by atoms with van der Waals surface area (Å²) in [7, 11) is 1.65. The molecule has 0 spiro atoms. The van der Waals surface area contributed by atoms with E-state index in [1.54, 1.807) is 7.05 Å². The Morgan fingerprint density at radius 3 is 3.05 bits per heavy atom. The van der Waals surface area contributed by atoms with E-state index in [9.17, 15) is 9.59 Å². The third-order valence-electron chi connectivity index (χ3n) is 3.37. The molecule has 1 atom stereocenters. The van der Waals surface area contributed by atoms with Gasteiger partial charge in [0.15, 0.2) is 0 Å². The Bertz CT molecular complexity index is 474. The predicted molar refractivity (Wildman–Crippen MR) is 73.5 cm³/mol. The SMILES string of the molecule is CNC(=O)C1CCCN1Cc1ccsc1C(=O)NN. The Kier molecular flexibility index (Phi) is 4.52. The molecule has 7 heteroatoms. The fraction of sp³-hybridized carbons (Fsp3) is 0.500. The highest BCUT2D eigenvalue weighted by Crippen LogP contribution is 2.24. The van der Waals surface area contributed by atoms with Crippen molar-refractivity contribution in [1.29, 1.82) is 0 Å². The van der Waals surface area contributed by atoms with E-state index in [0.29, 0.717) is 11.4 Å². The van der Waals surface area contributed by atoms with Crippen LogP contribution in [0.2, 0.25) is 0 Å². The highest BCUT2D eigenvalue weighted by molar-refractivity contribution is 7.12. The van der Waals surface area contributed by atoms with Crippen molar-refractivity contribution in [2.45, 2.75) is 25.4 Å². The van der Waals surface area contributed by atoms with Gasteiger partial charge in [0.1, 0.15) is 0 Å². The minimum absolute atomic E-state index is 0.0394. The minimum Gasteiger partial charge on any atom is -0.358 e. The first-order chi connectivity index (χ1) is 9.17. The topological polar surface area (TPSA) is 87.5 Å². The van der Waals surface area contributed by atoms with Gasteiger partial charge in [-0.3, -0.25) is 19.9 Å². The normalized spacial score (nSPS) is 19.4. The van der Waals surface area contributed by atoms with Gasteiger partial charge in [0.2, 0.25) is 5.91 Å². The number of hydrogen-bond donors (Lipinski definition) is 3. The standard InChI is InChI=1S/C12H18N4O2S/c1-14-11(17)9-3-2-5-16(9)7-8-4-6-19-10(8)12(18)15-13/h4,6,9H,2-3,5,7,13H2,1H3,(H,14,17)(H,15,18). The quantitative estimate of drug-likeness (QED) is 0.414. The maximum atomic E-state index is 11.8. The molecular weight excluding hydrogens is 264 g/mol. The lowest BCUT2D eigenvalue weighted by Crippen LogP contribution is -2.41. The molecule has 19 heavy (non-hydrogen) atoms. The van der Waals surface area contributed by atoms with Gasteiger partial charge in [-0.05, 0) is 36.4 Å². The van der Waals surface area contributed by atoms with Crippen molar-refractivity contribution < 1.29 is 9.59 Å². The van der Waals surface area contributed by atoms with Crippen molar-refractivity contribution in [3.8, 4) is 0 Å². The van der Waals surface area contributed by atoms with Gasteiger partial charge in [-0.15, -0.1) is 11.3 Å². The molecule has 2 amide bonds. The largest absolute Gasteiger partial charge is 0.358 e. The zero-order valence-electron chi connectivity index (χ0n) is 10.8. The highest BCUT2D eigenvalue weighted by atomic mass is 32.1. The third-order valence-corrected chi connectivity index (χ3v) is 4.33. The Balaban J connectivity index is 2.10. The number of nitrogens with zero attached hydrogens (tertiary/aromatic N) is 1. The second kappa shape index (κ2) is 6.14. The zero-order valence-corrected chi connectivity index (χ0v) is 11.6. The second-order valence-electron chi connectivity index (χ2n) is 4.49. The van der Waals surface area contributed by atoms with Crippen molar-refractivity contribution >= 4 is 23.2 Å². The van der Waals surface area contributed by atoms with Crippen LogP contribution in [0.15, 0.2) is 11.4 Å². The maximum Gasteiger partial charge on any atom is 0.275 e. The van der Waals surface area contributed by atoms with Crippen molar-refractivity contribution in [3.63, 3.8) is 0 Å². The van der Waals surface area contributed by atoms with Crippen molar-refractivity contribution in [1.82, 2.24) is 15.6 Å². The molecule has 1 saturated heterocycles. The minimum atomic E-state index is -0.277. The summed E-state index contributed by atoms with van der Waals surface area (Å²) in [5.74, 6) is 4.93. The lowest BCUT2D eigenvalue weighted by atomic mass is 10.2. The molecule has 6 nitrogen and oxygen atoms in total. The van der Waals surface area contributed by atoms with Crippen LogP contribution in [0, 0.1) is 0 Å². The molecule has 0 radical (unpaired) electrons. The number of likely N-dealkylation sites (tertiary alicyclic amines) is 1. The van der Waals surface area contributed by atoms with Gasteiger partial charge in [-0.2, -0.15) is 0 Å². The van der Waals surface area contributed by atoms with E-state index in [0.717, 1.165) is 24.9 Å². The molecule has 1 aromatic heterocycles. The number of amides is 2. The third kappa shape index (κ3) is 2.94. The van der Waals surface area contributed by atoms with E-state index >= 15 is 0 Å². The number of rotatable bonds is 4. The van der Waals surface area contributed by atoms with Gasteiger partial charge < -0.3 is 5.32 Å². The Hall–Kier alpha value is -1.44. The summed E-state index contributed by atoms with van der Waals surface area (Å²) in [5.41, 5.74) is 3.07. The van der Waals surface area contributed by atoms with Crippen LogP contribution in [0.3, 0.4) is 0 Å². The summed E-state index contributed by atoms with van der Waals surface area (Å²) in [6, 6.07) is 1.81. The summed E-state index contributed by atoms with van der Waals surface area (Å²) < 4.78 is 0. The molecule has 0 aromatic carbocycles. The summed E-state index contributed by atoms with van der Waals surface area (Å²) in [4.78, 5) is 26.1. The van der Waals surface area contributed by atoms with Gasteiger partial charge in [0, 0.05) is 13.6 Å². The molecule has 4 N–H and O–H groups in total. The lowest BCUT2D eigenvalue weighted by Gasteiger charge is -2.22. The Morgan fingerprint density at radius 2 is 2.37 bits per heavy atom. The highest BCUT2D eigenvalue weighted by Gasteiger charge is 2.30. The molecule has 1 unspecified atom stereocenters. The van der Waals surface area contributed by atoms with Crippen LogP contribution < -0.4 is 16.6 Å². The first kappa shape index (κ1) is 14.0. The zero-order chi connectivity index (χ0) is 13.8. The van der Waals surface area contributed by atoms with E-state index in [1.165, 1.54) is 11.3 Å². The van der Waals surface area contributed by atoms with E-state index in [4.69, 9.17) is 5.84 Å². The number of hydrogen-bond acceptors (Lipinski definition) is 5. The molecular formula is C12H18N4O2S. The first-order valence-electron chi connectivity index (χ1n) is 6.20. The number of carbonyl (C=O) groups excluding carboxylic acids is 2. The summed E-state index contributed by atoms with van der Waals surface area (Å²) in [6.45, 7) is 1.47. The second-order valence-corrected chi connectivity index (χ2v) is 5.41.